The third-order valence-electron chi connectivity index (χ3n) is 4.67. The van der Waals surface area contributed by atoms with Crippen LogP contribution in [0, 0.1) is 5.92 Å². The summed E-state index contributed by atoms with van der Waals surface area (Å²) in [6.45, 7) is 5.98. The lowest BCUT2D eigenvalue weighted by molar-refractivity contribution is 0.0995. The van der Waals surface area contributed by atoms with Crippen LogP contribution in [-0.2, 0) is 0 Å². The first-order valence-corrected chi connectivity index (χ1v) is 8.58. The molecule has 2 heteroatoms. The fourth-order valence-electron chi connectivity index (χ4n) is 3.46. The van der Waals surface area contributed by atoms with E-state index in [0.717, 1.165) is 25.3 Å². The van der Waals surface area contributed by atoms with Crippen molar-refractivity contribution in [3.05, 3.63) is 0 Å². The maximum absolute atomic E-state index is 9.70. The summed E-state index contributed by atoms with van der Waals surface area (Å²) in [5, 5.41) is 13.4. The van der Waals surface area contributed by atoms with Crippen molar-refractivity contribution in [2.24, 2.45) is 5.92 Å². The van der Waals surface area contributed by atoms with Crippen LogP contribution in [0.3, 0.4) is 0 Å². The molecule has 0 aromatic carbocycles. The predicted molar refractivity (Wildman–Crippen MR) is 83.4 cm³/mol. The first kappa shape index (κ1) is 17.0. The largest absolute Gasteiger partial charge is 0.394 e. The van der Waals surface area contributed by atoms with Crippen molar-refractivity contribution in [2.75, 3.05) is 13.2 Å². The summed E-state index contributed by atoms with van der Waals surface area (Å²) in [5.74, 6) is 0.766. The summed E-state index contributed by atoms with van der Waals surface area (Å²) < 4.78 is 0. The Hall–Kier alpha value is -0.0800. The van der Waals surface area contributed by atoms with E-state index in [4.69, 9.17) is 0 Å². The molecule has 114 valence electrons. The van der Waals surface area contributed by atoms with Crippen molar-refractivity contribution in [1.29, 1.82) is 0 Å². The second-order valence-corrected chi connectivity index (χ2v) is 6.69. The first-order chi connectivity index (χ1) is 9.22. The highest BCUT2D eigenvalue weighted by Crippen LogP contribution is 2.31. The van der Waals surface area contributed by atoms with E-state index in [9.17, 15) is 5.11 Å². The highest BCUT2D eigenvalue weighted by atomic mass is 16.3. The molecule has 1 saturated carbocycles. The van der Waals surface area contributed by atoms with Gasteiger partial charge in [0.2, 0.25) is 0 Å². The molecule has 19 heavy (non-hydrogen) atoms. The number of nitrogens with one attached hydrogen (secondary N) is 1. The fraction of sp³-hybridized carbons (Fsp3) is 1.00. The van der Waals surface area contributed by atoms with Crippen LogP contribution in [0.15, 0.2) is 0 Å². The summed E-state index contributed by atoms with van der Waals surface area (Å²) in [6.07, 6.45) is 14.4. The molecule has 0 saturated heterocycles. The number of rotatable bonds is 10. The highest BCUT2D eigenvalue weighted by molar-refractivity contribution is 4.92. The summed E-state index contributed by atoms with van der Waals surface area (Å²) in [7, 11) is 0. The lowest BCUT2D eigenvalue weighted by Crippen LogP contribution is -2.51. The van der Waals surface area contributed by atoms with E-state index >= 15 is 0 Å². The molecule has 2 N–H and O–H groups in total. The standard InChI is InChI=1S/C17H35NO/c1-3-4-5-6-7-8-9-13-18-17(15-19)12-10-11-16(2)14-17/h16,18-19H,3-15H2,1-2H3. The molecule has 0 radical (unpaired) electrons. The van der Waals surface area contributed by atoms with Crippen LogP contribution in [0.5, 0.6) is 0 Å². The van der Waals surface area contributed by atoms with E-state index in [-0.39, 0.29) is 5.54 Å². The smallest absolute Gasteiger partial charge is 0.0613 e. The minimum Gasteiger partial charge on any atom is -0.394 e. The summed E-state index contributed by atoms with van der Waals surface area (Å²) in [4.78, 5) is 0. The van der Waals surface area contributed by atoms with Crippen molar-refractivity contribution in [1.82, 2.24) is 5.32 Å². The van der Waals surface area contributed by atoms with Gasteiger partial charge in [0, 0.05) is 5.54 Å². The van der Waals surface area contributed by atoms with Crippen LogP contribution in [0.2, 0.25) is 0 Å². The number of aliphatic hydroxyl groups excluding tert-OH is 1. The van der Waals surface area contributed by atoms with E-state index in [1.165, 1.54) is 57.8 Å². The van der Waals surface area contributed by atoms with Gasteiger partial charge in [0.15, 0.2) is 0 Å². The molecular formula is C17H35NO. The van der Waals surface area contributed by atoms with Crippen molar-refractivity contribution < 1.29 is 5.11 Å². The highest BCUT2D eigenvalue weighted by Gasteiger charge is 2.33. The zero-order chi connectivity index (χ0) is 14.0. The molecule has 1 aliphatic rings. The van der Waals surface area contributed by atoms with E-state index in [1.807, 2.05) is 0 Å². The Bertz CT molecular complexity index is 219. The molecule has 0 aromatic heterocycles. The second-order valence-electron chi connectivity index (χ2n) is 6.69. The third kappa shape index (κ3) is 6.76. The van der Waals surface area contributed by atoms with Gasteiger partial charge in [-0.15, -0.1) is 0 Å². The summed E-state index contributed by atoms with van der Waals surface area (Å²) >= 11 is 0. The van der Waals surface area contributed by atoms with E-state index in [0.29, 0.717) is 6.61 Å². The molecule has 2 unspecified atom stereocenters. The normalized spacial score (nSPS) is 27.6. The molecule has 2 atom stereocenters. The average Bonchev–Trinajstić information content (AvgIpc) is 2.42. The van der Waals surface area contributed by atoms with Gasteiger partial charge in [-0.25, -0.2) is 0 Å². The molecule has 1 rings (SSSR count). The summed E-state index contributed by atoms with van der Waals surface area (Å²) in [5.41, 5.74) is 0.0415. The van der Waals surface area contributed by atoms with Gasteiger partial charge < -0.3 is 10.4 Å². The van der Waals surface area contributed by atoms with Gasteiger partial charge in [-0.2, -0.15) is 0 Å². The molecule has 0 aromatic rings. The van der Waals surface area contributed by atoms with Crippen LogP contribution < -0.4 is 5.32 Å². The number of aliphatic hydroxyl groups is 1. The quantitative estimate of drug-likeness (QED) is 0.581. The van der Waals surface area contributed by atoms with Crippen LogP contribution in [0.1, 0.15) is 84.5 Å². The number of hydrogen-bond donors (Lipinski definition) is 2. The van der Waals surface area contributed by atoms with Crippen LogP contribution >= 0.6 is 0 Å². The topological polar surface area (TPSA) is 32.3 Å². The van der Waals surface area contributed by atoms with Gasteiger partial charge >= 0.3 is 0 Å². The summed E-state index contributed by atoms with van der Waals surface area (Å²) in [6, 6.07) is 0. The molecule has 0 aliphatic heterocycles. The first-order valence-electron chi connectivity index (χ1n) is 8.58. The van der Waals surface area contributed by atoms with E-state index in [2.05, 4.69) is 19.2 Å². The van der Waals surface area contributed by atoms with Crippen molar-refractivity contribution in [3.63, 3.8) is 0 Å². The Morgan fingerprint density at radius 2 is 1.79 bits per heavy atom. The zero-order valence-electron chi connectivity index (χ0n) is 13.2. The lowest BCUT2D eigenvalue weighted by Gasteiger charge is -2.39. The molecule has 0 heterocycles. The van der Waals surface area contributed by atoms with Gasteiger partial charge in [0.05, 0.1) is 6.61 Å². The van der Waals surface area contributed by atoms with Gasteiger partial charge in [0.25, 0.3) is 0 Å². The van der Waals surface area contributed by atoms with Crippen LogP contribution in [-0.4, -0.2) is 23.8 Å². The Kier molecular flexibility index (Phi) is 8.72. The Morgan fingerprint density at radius 3 is 2.42 bits per heavy atom. The minimum atomic E-state index is 0.0415. The minimum absolute atomic E-state index is 0.0415. The molecular weight excluding hydrogens is 234 g/mol. The van der Waals surface area contributed by atoms with Crippen molar-refractivity contribution >= 4 is 0 Å². The molecule has 2 nitrogen and oxygen atoms in total. The van der Waals surface area contributed by atoms with Gasteiger partial charge in [-0.05, 0) is 31.7 Å². The maximum Gasteiger partial charge on any atom is 0.0613 e. The zero-order valence-corrected chi connectivity index (χ0v) is 13.2. The SMILES string of the molecule is CCCCCCCCCNC1(CO)CCCC(C)C1. The van der Waals surface area contributed by atoms with E-state index < -0.39 is 0 Å². The monoisotopic (exact) mass is 269 g/mol. The Morgan fingerprint density at radius 1 is 1.11 bits per heavy atom. The van der Waals surface area contributed by atoms with Gasteiger partial charge in [-0.3, -0.25) is 0 Å². The van der Waals surface area contributed by atoms with Crippen LogP contribution in [0.25, 0.3) is 0 Å². The molecule has 0 spiro atoms. The number of unbranched alkanes of at least 4 members (excludes halogenated alkanes) is 6. The van der Waals surface area contributed by atoms with Crippen LogP contribution in [0.4, 0.5) is 0 Å². The Balaban J connectivity index is 2.06. The maximum atomic E-state index is 9.70. The van der Waals surface area contributed by atoms with E-state index in [1.54, 1.807) is 0 Å². The molecule has 1 fully saturated rings. The number of hydrogen-bond acceptors (Lipinski definition) is 2. The lowest BCUT2D eigenvalue weighted by atomic mass is 9.77. The predicted octanol–water partition coefficient (Wildman–Crippen LogP) is 4.27. The molecule has 1 aliphatic carbocycles. The third-order valence-corrected chi connectivity index (χ3v) is 4.67. The molecule has 0 bridgehead atoms. The van der Waals surface area contributed by atoms with Gasteiger partial charge in [0.1, 0.15) is 0 Å². The average molecular weight is 269 g/mol. The Labute approximate surface area is 120 Å². The fourth-order valence-corrected chi connectivity index (χ4v) is 3.46. The molecule has 0 amide bonds. The second kappa shape index (κ2) is 9.77. The van der Waals surface area contributed by atoms with Crippen molar-refractivity contribution in [3.8, 4) is 0 Å². The van der Waals surface area contributed by atoms with Gasteiger partial charge in [-0.1, -0.05) is 65.2 Å². The van der Waals surface area contributed by atoms with Crippen molar-refractivity contribution in [2.45, 2.75) is 90.0 Å².